The summed E-state index contributed by atoms with van der Waals surface area (Å²) in [6, 6.07) is 0.0584. The maximum Gasteiger partial charge on any atom is 0.233 e. The Morgan fingerprint density at radius 3 is 2.71 bits per heavy atom. The van der Waals surface area contributed by atoms with E-state index in [2.05, 4.69) is 72.3 Å². The molecule has 0 N–H and O–H groups in total. The maximum atomic E-state index is 5.83. The molecule has 0 fully saturated rings. The van der Waals surface area contributed by atoms with Gasteiger partial charge in [0.05, 0.1) is 17.4 Å². The van der Waals surface area contributed by atoms with Crippen molar-refractivity contribution in [3.05, 3.63) is 34.2 Å². The third kappa shape index (κ3) is 3.37. The molecule has 0 aromatic carbocycles. The van der Waals surface area contributed by atoms with Crippen molar-refractivity contribution in [2.75, 3.05) is 7.05 Å². The zero-order valence-electron chi connectivity index (χ0n) is 15.2. The molecule has 0 radical (unpaired) electrons. The van der Waals surface area contributed by atoms with Crippen molar-refractivity contribution >= 4 is 16.3 Å². The molecule has 7 heteroatoms. The van der Waals surface area contributed by atoms with Gasteiger partial charge in [0.25, 0.3) is 0 Å². The van der Waals surface area contributed by atoms with Gasteiger partial charge in [-0.25, -0.2) is 4.98 Å². The normalized spacial score (nSPS) is 13.5. The second kappa shape index (κ2) is 6.64. The molecular weight excluding hydrogens is 322 g/mol. The van der Waals surface area contributed by atoms with Gasteiger partial charge in [-0.2, -0.15) is 0 Å². The monoisotopic (exact) mass is 347 g/mol. The Labute approximate surface area is 146 Å². The summed E-state index contributed by atoms with van der Waals surface area (Å²) in [5.41, 5.74) is 2.29. The average molecular weight is 347 g/mol. The minimum Gasteiger partial charge on any atom is -0.424 e. The summed E-state index contributed by atoms with van der Waals surface area (Å²) in [5.74, 6) is 1.90. The predicted octanol–water partition coefficient (Wildman–Crippen LogP) is 3.79. The van der Waals surface area contributed by atoms with E-state index in [4.69, 9.17) is 4.42 Å². The second-order valence-electron chi connectivity index (χ2n) is 6.86. The van der Waals surface area contributed by atoms with Gasteiger partial charge in [0.2, 0.25) is 11.8 Å². The number of nitrogens with zero attached hydrogens (tertiary/aromatic N) is 5. The van der Waals surface area contributed by atoms with E-state index < -0.39 is 0 Å². The van der Waals surface area contributed by atoms with E-state index >= 15 is 0 Å². The molecule has 0 bridgehead atoms. The van der Waals surface area contributed by atoms with Crippen LogP contribution in [-0.2, 0) is 13.0 Å². The van der Waals surface area contributed by atoms with Crippen LogP contribution in [0.1, 0.15) is 54.9 Å². The zero-order valence-corrected chi connectivity index (χ0v) is 16.0. The summed E-state index contributed by atoms with van der Waals surface area (Å²) in [5, 5.41) is 8.40. The van der Waals surface area contributed by atoms with Gasteiger partial charge in [0, 0.05) is 24.0 Å². The molecule has 0 aliphatic carbocycles. The van der Waals surface area contributed by atoms with Gasteiger partial charge in [0.15, 0.2) is 4.96 Å². The molecule has 0 saturated carbocycles. The van der Waals surface area contributed by atoms with Crippen molar-refractivity contribution in [2.45, 2.75) is 53.6 Å². The lowest BCUT2D eigenvalue weighted by molar-refractivity contribution is 0.210. The van der Waals surface area contributed by atoms with E-state index in [1.54, 1.807) is 11.3 Å². The molecule has 0 aliphatic heterocycles. The van der Waals surface area contributed by atoms with Crippen LogP contribution in [-0.4, -0.2) is 31.5 Å². The number of hydrogen-bond donors (Lipinski definition) is 0. The van der Waals surface area contributed by atoms with Crippen LogP contribution in [0.4, 0.5) is 0 Å². The smallest absolute Gasteiger partial charge is 0.233 e. The summed E-state index contributed by atoms with van der Waals surface area (Å²) >= 11 is 1.72. The fourth-order valence-corrected chi connectivity index (χ4v) is 3.62. The van der Waals surface area contributed by atoms with E-state index in [1.165, 1.54) is 10.6 Å². The largest absolute Gasteiger partial charge is 0.424 e. The molecule has 0 saturated heterocycles. The molecule has 130 valence electrons. The molecule has 0 amide bonds. The molecule has 3 aromatic heterocycles. The standard InChI is InChI=1S/C17H25N5OS/c1-10(2)7-15-19-20-16(23-15)13(5)21(6)9-14-12(4)18-17-22(14)8-11(3)24-17/h8,10,13H,7,9H2,1-6H3. The first-order valence-electron chi connectivity index (χ1n) is 8.31. The average Bonchev–Trinajstić information content (AvgIpc) is 3.15. The first kappa shape index (κ1) is 17.1. The van der Waals surface area contributed by atoms with Crippen LogP contribution in [0.5, 0.6) is 0 Å². The first-order valence-corrected chi connectivity index (χ1v) is 9.13. The fourth-order valence-electron chi connectivity index (χ4n) is 2.73. The lowest BCUT2D eigenvalue weighted by atomic mass is 10.1. The molecule has 1 unspecified atom stereocenters. The Bertz CT molecular complexity index is 831. The van der Waals surface area contributed by atoms with Gasteiger partial charge in [0.1, 0.15) is 0 Å². The quantitative estimate of drug-likeness (QED) is 0.679. The lowest BCUT2D eigenvalue weighted by Crippen LogP contribution is -2.23. The van der Waals surface area contributed by atoms with E-state index in [0.29, 0.717) is 11.8 Å². The Hall–Kier alpha value is -1.73. The Balaban J connectivity index is 1.76. The Kier molecular flexibility index (Phi) is 4.73. The summed E-state index contributed by atoms with van der Waals surface area (Å²) in [7, 11) is 2.08. The van der Waals surface area contributed by atoms with Gasteiger partial charge in [-0.15, -0.1) is 21.5 Å². The highest BCUT2D eigenvalue weighted by atomic mass is 32.1. The van der Waals surface area contributed by atoms with E-state index in [1.807, 2.05) is 0 Å². The number of fused-ring (bicyclic) bond motifs is 1. The number of imidazole rings is 1. The first-order chi connectivity index (χ1) is 11.3. The van der Waals surface area contributed by atoms with Crippen molar-refractivity contribution in [2.24, 2.45) is 5.92 Å². The summed E-state index contributed by atoms with van der Waals surface area (Å²) in [6.45, 7) is 11.4. The van der Waals surface area contributed by atoms with Gasteiger partial charge >= 0.3 is 0 Å². The number of aromatic nitrogens is 4. The Morgan fingerprint density at radius 2 is 2.00 bits per heavy atom. The highest BCUT2D eigenvalue weighted by Crippen LogP contribution is 2.25. The summed E-state index contributed by atoms with van der Waals surface area (Å²) in [4.78, 5) is 9.20. The predicted molar refractivity (Wildman–Crippen MR) is 95.3 cm³/mol. The number of rotatable bonds is 6. The van der Waals surface area contributed by atoms with E-state index in [-0.39, 0.29) is 6.04 Å². The molecule has 3 heterocycles. The fraction of sp³-hybridized carbons (Fsp3) is 0.588. The van der Waals surface area contributed by atoms with Crippen LogP contribution in [0, 0.1) is 19.8 Å². The topological polar surface area (TPSA) is 59.5 Å². The zero-order chi connectivity index (χ0) is 17.4. The van der Waals surface area contributed by atoms with Crippen LogP contribution in [0.3, 0.4) is 0 Å². The number of thiazole rings is 1. The molecule has 24 heavy (non-hydrogen) atoms. The van der Waals surface area contributed by atoms with Crippen LogP contribution >= 0.6 is 11.3 Å². The van der Waals surface area contributed by atoms with Crippen LogP contribution in [0.2, 0.25) is 0 Å². The molecule has 1 atom stereocenters. The van der Waals surface area contributed by atoms with E-state index in [0.717, 1.165) is 29.5 Å². The molecule has 0 aliphatic rings. The highest BCUT2D eigenvalue weighted by Gasteiger charge is 2.21. The van der Waals surface area contributed by atoms with Gasteiger partial charge in [-0.05, 0) is 33.7 Å². The van der Waals surface area contributed by atoms with Crippen LogP contribution in [0.25, 0.3) is 4.96 Å². The molecule has 3 aromatic rings. The molecule has 6 nitrogen and oxygen atoms in total. The van der Waals surface area contributed by atoms with Crippen LogP contribution in [0.15, 0.2) is 10.6 Å². The van der Waals surface area contributed by atoms with Gasteiger partial charge in [-0.3, -0.25) is 9.30 Å². The van der Waals surface area contributed by atoms with E-state index in [9.17, 15) is 0 Å². The van der Waals surface area contributed by atoms with Crippen molar-refractivity contribution < 1.29 is 4.42 Å². The lowest BCUT2D eigenvalue weighted by Gasteiger charge is -2.21. The minimum atomic E-state index is 0.0584. The van der Waals surface area contributed by atoms with Crippen LogP contribution < -0.4 is 0 Å². The molecule has 3 rings (SSSR count). The molecular formula is C17H25N5OS. The third-order valence-electron chi connectivity index (χ3n) is 4.22. The number of aryl methyl sites for hydroxylation is 2. The second-order valence-corrected chi connectivity index (χ2v) is 8.07. The Morgan fingerprint density at radius 1 is 1.25 bits per heavy atom. The summed E-state index contributed by atoms with van der Waals surface area (Å²) in [6.07, 6.45) is 2.97. The highest BCUT2D eigenvalue weighted by molar-refractivity contribution is 7.17. The van der Waals surface area contributed by atoms with Gasteiger partial charge < -0.3 is 4.42 Å². The van der Waals surface area contributed by atoms with Gasteiger partial charge in [-0.1, -0.05) is 13.8 Å². The molecule has 0 spiro atoms. The number of hydrogen-bond acceptors (Lipinski definition) is 6. The van der Waals surface area contributed by atoms with Crippen molar-refractivity contribution in [3.63, 3.8) is 0 Å². The summed E-state index contributed by atoms with van der Waals surface area (Å²) < 4.78 is 8.03. The SMILES string of the molecule is Cc1cn2c(CN(C)C(C)c3nnc(CC(C)C)o3)c(C)nc2s1. The van der Waals surface area contributed by atoms with Crippen molar-refractivity contribution in [1.82, 2.24) is 24.5 Å². The van der Waals surface area contributed by atoms with Crippen molar-refractivity contribution in [1.29, 1.82) is 0 Å². The van der Waals surface area contributed by atoms with Crippen molar-refractivity contribution in [3.8, 4) is 0 Å². The third-order valence-corrected chi connectivity index (χ3v) is 5.12. The maximum absolute atomic E-state index is 5.83. The minimum absolute atomic E-state index is 0.0584.